The summed E-state index contributed by atoms with van der Waals surface area (Å²) in [6.07, 6.45) is 5.50. The highest BCUT2D eigenvalue weighted by Crippen LogP contribution is 2.19. The second kappa shape index (κ2) is 6.24. The lowest BCUT2D eigenvalue weighted by Gasteiger charge is -2.03. The Morgan fingerprint density at radius 2 is 2.17 bits per heavy atom. The SMILES string of the molecule is CCCNC(=O)CCCc1c[nH]c2ccccc12. The number of aryl methyl sites for hydroxylation is 1. The molecule has 2 rings (SSSR count). The zero-order valence-electron chi connectivity index (χ0n) is 10.8. The molecule has 2 N–H and O–H groups in total. The quantitative estimate of drug-likeness (QED) is 0.806. The Kier molecular flexibility index (Phi) is 4.40. The third kappa shape index (κ3) is 3.13. The second-order valence-electron chi connectivity index (χ2n) is 4.56. The zero-order valence-corrected chi connectivity index (χ0v) is 10.8. The van der Waals surface area contributed by atoms with Gasteiger partial charge in [-0.3, -0.25) is 4.79 Å². The molecule has 18 heavy (non-hydrogen) atoms. The van der Waals surface area contributed by atoms with E-state index in [9.17, 15) is 4.79 Å². The van der Waals surface area contributed by atoms with E-state index in [4.69, 9.17) is 0 Å². The number of nitrogens with one attached hydrogen (secondary N) is 2. The van der Waals surface area contributed by atoms with Crippen molar-refractivity contribution < 1.29 is 4.79 Å². The van der Waals surface area contributed by atoms with Crippen LogP contribution in [-0.2, 0) is 11.2 Å². The second-order valence-corrected chi connectivity index (χ2v) is 4.56. The first-order chi connectivity index (χ1) is 8.81. The van der Waals surface area contributed by atoms with Gasteiger partial charge in [-0.1, -0.05) is 25.1 Å². The molecule has 96 valence electrons. The largest absolute Gasteiger partial charge is 0.361 e. The highest BCUT2D eigenvalue weighted by molar-refractivity contribution is 5.83. The summed E-state index contributed by atoms with van der Waals surface area (Å²) in [5.74, 6) is 0.164. The van der Waals surface area contributed by atoms with Crippen LogP contribution in [0.25, 0.3) is 10.9 Å². The van der Waals surface area contributed by atoms with E-state index in [0.29, 0.717) is 6.42 Å². The van der Waals surface area contributed by atoms with Crippen LogP contribution in [0.15, 0.2) is 30.5 Å². The minimum Gasteiger partial charge on any atom is -0.361 e. The predicted octanol–water partition coefficient (Wildman–Crippen LogP) is 3.02. The first-order valence-electron chi connectivity index (χ1n) is 6.63. The molecule has 2 aromatic rings. The van der Waals surface area contributed by atoms with E-state index in [1.807, 2.05) is 12.1 Å². The summed E-state index contributed by atoms with van der Waals surface area (Å²) in [6.45, 7) is 2.85. The number of carbonyl (C=O) groups excluding carboxylic acids is 1. The van der Waals surface area contributed by atoms with Crippen molar-refractivity contribution in [3.05, 3.63) is 36.0 Å². The lowest BCUT2D eigenvalue weighted by Crippen LogP contribution is -2.23. The lowest BCUT2D eigenvalue weighted by molar-refractivity contribution is -0.121. The Hall–Kier alpha value is -1.77. The number of amides is 1. The van der Waals surface area contributed by atoms with Crippen LogP contribution in [0.4, 0.5) is 0 Å². The summed E-state index contributed by atoms with van der Waals surface area (Å²) in [4.78, 5) is 14.7. The van der Waals surface area contributed by atoms with Crippen LogP contribution >= 0.6 is 0 Å². The Bertz CT molecular complexity index is 516. The van der Waals surface area contributed by atoms with Crippen LogP contribution in [-0.4, -0.2) is 17.4 Å². The Morgan fingerprint density at radius 3 is 3.00 bits per heavy atom. The van der Waals surface area contributed by atoms with Gasteiger partial charge in [-0.15, -0.1) is 0 Å². The van der Waals surface area contributed by atoms with Gasteiger partial charge in [0.1, 0.15) is 0 Å². The number of para-hydroxylation sites is 1. The molecule has 0 fully saturated rings. The average molecular weight is 244 g/mol. The van der Waals surface area contributed by atoms with Crippen molar-refractivity contribution in [3.8, 4) is 0 Å². The molecule has 1 aromatic carbocycles. The molecule has 3 nitrogen and oxygen atoms in total. The number of benzene rings is 1. The highest BCUT2D eigenvalue weighted by atomic mass is 16.1. The molecule has 1 aromatic heterocycles. The predicted molar refractivity (Wildman–Crippen MR) is 74.5 cm³/mol. The van der Waals surface area contributed by atoms with Gasteiger partial charge < -0.3 is 10.3 Å². The summed E-state index contributed by atoms with van der Waals surface area (Å²) in [5.41, 5.74) is 2.47. The van der Waals surface area contributed by atoms with E-state index in [1.54, 1.807) is 0 Å². The Morgan fingerprint density at radius 1 is 1.33 bits per heavy atom. The lowest BCUT2D eigenvalue weighted by atomic mass is 10.1. The Labute approximate surface area is 108 Å². The normalized spacial score (nSPS) is 10.7. The van der Waals surface area contributed by atoms with Crippen molar-refractivity contribution in [3.63, 3.8) is 0 Å². The fraction of sp³-hybridized carbons (Fsp3) is 0.400. The van der Waals surface area contributed by atoms with Crippen molar-refractivity contribution in [2.45, 2.75) is 32.6 Å². The molecule has 0 aliphatic heterocycles. The number of carbonyl (C=O) groups is 1. The van der Waals surface area contributed by atoms with Crippen molar-refractivity contribution in [2.24, 2.45) is 0 Å². The first-order valence-corrected chi connectivity index (χ1v) is 6.63. The summed E-state index contributed by atoms with van der Waals surface area (Å²) in [7, 11) is 0. The molecular weight excluding hydrogens is 224 g/mol. The van der Waals surface area contributed by atoms with E-state index in [2.05, 4.69) is 35.6 Å². The van der Waals surface area contributed by atoms with E-state index >= 15 is 0 Å². The number of rotatable bonds is 6. The standard InChI is InChI=1S/C15H20N2O/c1-2-10-16-15(18)9-5-6-12-11-17-14-8-4-3-7-13(12)14/h3-4,7-8,11,17H,2,5-6,9-10H2,1H3,(H,16,18). The maximum Gasteiger partial charge on any atom is 0.220 e. The van der Waals surface area contributed by atoms with E-state index in [0.717, 1.165) is 25.8 Å². The molecule has 0 saturated carbocycles. The summed E-state index contributed by atoms with van der Waals surface area (Å²) >= 11 is 0. The van der Waals surface area contributed by atoms with Crippen LogP contribution in [0.3, 0.4) is 0 Å². The number of aromatic nitrogens is 1. The van der Waals surface area contributed by atoms with Gasteiger partial charge in [-0.05, 0) is 30.9 Å². The molecule has 0 atom stereocenters. The third-order valence-corrected chi connectivity index (χ3v) is 3.10. The number of fused-ring (bicyclic) bond motifs is 1. The minimum absolute atomic E-state index is 0.164. The van der Waals surface area contributed by atoms with Crippen LogP contribution in [0.2, 0.25) is 0 Å². The smallest absolute Gasteiger partial charge is 0.220 e. The van der Waals surface area contributed by atoms with Crippen LogP contribution in [0, 0.1) is 0 Å². The first kappa shape index (κ1) is 12.7. The molecular formula is C15H20N2O. The fourth-order valence-electron chi connectivity index (χ4n) is 2.13. The van der Waals surface area contributed by atoms with Crippen molar-refractivity contribution in [2.75, 3.05) is 6.54 Å². The van der Waals surface area contributed by atoms with Crippen molar-refractivity contribution in [1.29, 1.82) is 0 Å². The minimum atomic E-state index is 0.164. The molecule has 0 aliphatic carbocycles. The van der Waals surface area contributed by atoms with Gasteiger partial charge in [0, 0.05) is 30.1 Å². The molecule has 0 spiro atoms. The van der Waals surface area contributed by atoms with E-state index in [-0.39, 0.29) is 5.91 Å². The molecule has 0 aliphatic rings. The molecule has 0 bridgehead atoms. The number of hydrogen-bond acceptors (Lipinski definition) is 1. The van der Waals surface area contributed by atoms with Crippen molar-refractivity contribution >= 4 is 16.8 Å². The molecule has 0 unspecified atom stereocenters. The van der Waals surface area contributed by atoms with Crippen LogP contribution in [0.1, 0.15) is 31.7 Å². The number of hydrogen-bond donors (Lipinski definition) is 2. The summed E-state index contributed by atoms with van der Waals surface area (Å²) in [5, 5.41) is 4.17. The molecule has 1 amide bonds. The van der Waals surface area contributed by atoms with Gasteiger partial charge in [0.15, 0.2) is 0 Å². The molecule has 1 heterocycles. The fourth-order valence-corrected chi connectivity index (χ4v) is 2.13. The Balaban J connectivity index is 1.85. The van der Waals surface area contributed by atoms with E-state index in [1.165, 1.54) is 16.5 Å². The van der Waals surface area contributed by atoms with Crippen molar-refractivity contribution in [1.82, 2.24) is 10.3 Å². The van der Waals surface area contributed by atoms with Gasteiger partial charge in [0.05, 0.1) is 0 Å². The van der Waals surface area contributed by atoms with Gasteiger partial charge in [-0.2, -0.15) is 0 Å². The van der Waals surface area contributed by atoms with Crippen LogP contribution in [0.5, 0.6) is 0 Å². The van der Waals surface area contributed by atoms with Gasteiger partial charge in [-0.25, -0.2) is 0 Å². The average Bonchev–Trinajstić information content (AvgIpc) is 2.80. The summed E-state index contributed by atoms with van der Waals surface area (Å²) in [6, 6.07) is 8.28. The molecule has 3 heteroatoms. The molecule has 0 radical (unpaired) electrons. The number of aromatic amines is 1. The maximum absolute atomic E-state index is 11.5. The van der Waals surface area contributed by atoms with E-state index < -0.39 is 0 Å². The highest BCUT2D eigenvalue weighted by Gasteiger charge is 2.04. The molecule has 0 saturated heterocycles. The summed E-state index contributed by atoms with van der Waals surface area (Å²) < 4.78 is 0. The maximum atomic E-state index is 11.5. The van der Waals surface area contributed by atoms with Crippen LogP contribution < -0.4 is 5.32 Å². The topological polar surface area (TPSA) is 44.9 Å². The van der Waals surface area contributed by atoms with Gasteiger partial charge in [0.25, 0.3) is 0 Å². The van der Waals surface area contributed by atoms with Gasteiger partial charge in [0.2, 0.25) is 5.91 Å². The zero-order chi connectivity index (χ0) is 12.8. The monoisotopic (exact) mass is 244 g/mol. The number of H-pyrrole nitrogens is 1. The van der Waals surface area contributed by atoms with Gasteiger partial charge >= 0.3 is 0 Å². The third-order valence-electron chi connectivity index (χ3n) is 3.10.